The molecule has 0 spiro atoms. The van der Waals surface area contributed by atoms with E-state index in [9.17, 15) is 0 Å². The minimum atomic E-state index is 0.617. The zero-order chi connectivity index (χ0) is 9.56. The van der Waals surface area contributed by atoms with Gasteiger partial charge in [0.25, 0.3) is 0 Å². The van der Waals surface area contributed by atoms with Crippen LogP contribution in [0.3, 0.4) is 0 Å². The highest BCUT2D eigenvalue weighted by atomic mass is 127. The third-order valence-electron chi connectivity index (χ3n) is 1.97. The van der Waals surface area contributed by atoms with Gasteiger partial charge in [-0.1, -0.05) is 54.1 Å². The van der Waals surface area contributed by atoms with E-state index >= 15 is 0 Å². The average molecular weight is 299 g/mol. The van der Waals surface area contributed by atoms with Crippen LogP contribution >= 0.6 is 34.2 Å². The van der Waals surface area contributed by atoms with Crippen molar-refractivity contribution in [3.63, 3.8) is 0 Å². The predicted molar refractivity (Wildman–Crippen MR) is 66.0 cm³/mol. The van der Waals surface area contributed by atoms with Gasteiger partial charge in [0.15, 0.2) is 0 Å². The summed E-state index contributed by atoms with van der Waals surface area (Å²) < 4.78 is 0.896. The molecule has 0 fully saturated rings. The van der Waals surface area contributed by atoms with E-state index in [0.29, 0.717) is 5.92 Å². The summed E-state index contributed by atoms with van der Waals surface area (Å²) >= 11 is 8.22. The van der Waals surface area contributed by atoms with Crippen LogP contribution in [0.25, 0.3) is 0 Å². The third-order valence-corrected chi connectivity index (χ3v) is 3.48. The molecule has 12 heavy (non-hydrogen) atoms. The van der Waals surface area contributed by atoms with Crippen LogP contribution in [0, 0.1) is 5.92 Å². The molecule has 2 heteroatoms. The summed E-state index contributed by atoms with van der Waals surface area (Å²) in [6.07, 6.45) is 5.40. The number of rotatable bonds is 4. The quantitative estimate of drug-likeness (QED) is 0.406. The molecule has 0 saturated carbocycles. The Bertz CT molecular complexity index is 182. The Morgan fingerprint density at radius 3 is 2.50 bits per heavy atom. The lowest BCUT2D eigenvalue weighted by Gasteiger charge is -2.09. The second-order valence-corrected chi connectivity index (χ2v) is 4.07. The van der Waals surface area contributed by atoms with E-state index in [1.807, 2.05) is 0 Å². The topological polar surface area (TPSA) is 0 Å². The summed E-state index contributed by atoms with van der Waals surface area (Å²) in [5, 5.41) is 0.934. The Balaban J connectivity index is 4.38. The van der Waals surface area contributed by atoms with Crippen LogP contribution in [0.4, 0.5) is 0 Å². The SMILES string of the molecule is C/C=C(\C=C(\Cl)CI)C(C)CC. The van der Waals surface area contributed by atoms with E-state index in [1.165, 1.54) is 12.0 Å². The lowest BCUT2D eigenvalue weighted by Crippen LogP contribution is -1.95. The van der Waals surface area contributed by atoms with Gasteiger partial charge in [-0.05, 0) is 30.9 Å². The molecule has 1 atom stereocenters. The fraction of sp³-hybridized carbons (Fsp3) is 0.600. The summed E-state index contributed by atoms with van der Waals surface area (Å²) in [6.45, 7) is 6.48. The maximum Gasteiger partial charge on any atom is 0.0355 e. The number of halogens is 2. The molecule has 0 heterocycles. The smallest absolute Gasteiger partial charge is 0.0355 e. The molecule has 0 aromatic carbocycles. The highest BCUT2D eigenvalue weighted by molar-refractivity contribution is 14.1. The molecule has 0 bridgehead atoms. The second kappa shape index (κ2) is 6.96. The summed E-state index contributed by atoms with van der Waals surface area (Å²) in [5.74, 6) is 0.617. The van der Waals surface area contributed by atoms with Gasteiger partial charge in [0.1, 0.15) is 0 Å². The van der Waals surface area contributed by atoms with Crippen LogP contribution in [0.15, 0.2) is 22.8 Å². The Kier molecular flexibility index (Phi) is 7.25. The number of hydrogen-bond acceptors (Lipinski definition) is 0. The van der Waals surface area contributed by atoms with Gasteiger partial charge < -0.3 is 0 Å². The van der Waals surface area contributed by atoms with Gasteiger partial charge in [-0.2, -0.15) is 0 Å². The lowest BCUT2D eigenvalue weighted by atomic mass is 9.98. The standard InChI is InChI=1S/C10H16ClI/c1-4-8(3)9(5-2)6-10(11)7-12/h5-6,8H,4,7H2,1-3H3/b9-5+,10-6+. The van der Waals surface area contributed by atoms with Crippen LogP contribution in [-0.2, 0) is 0 Å². The summed E-state index contributed by atoms with van der Waals surface area (Å²) in [5.41, 5.74) is 1.35. The molecule has 0 rings (SSSR count). The Hall–Kier alpha value is 0.500. The highest BCUT2D eigenvalue weighted by Crippen LogP contribution is 2.19. The van der Waals surface area contributed by atoms with Gasteiger partial charge in [0.05, 0.1) is 0 Å². The molecule has 0 radical (unpaired) electrons. The monoisotopic (exact) mass is 298 g/mol. The van der Waals surface area contributed by atoms with Crippen molar-refractivity contribution in [2.45, 2.75) is 27.2 Å². The minimum absolute atomic E-state index is 0.617. The first-order valence-corrected chi connectivity index (χ1v) is 6.14. The van der Waals surface area contributed by atoms with E-state index in [2.05, 4.69) is 55.5 Å². The molecule has 0 nitrogen and oxygen atoms in total. The molecular formula is C10H16ClI. The first-order chi connectivity index (χ1) is 5.65. The molecule has 0 aliphatic heterocycles. The molecule has 0 amide bonds. The lowest BCUT2D eigenvalue weighted by molar-refractivity contribution is 0.669. The normalized spacial score (nSPS) is 16.4. The zero-order valence-electron chi connectivity index (χ0n) is 7.90. The van der Waals surface area contributed by atoms with Crippen molar-refractivity contribution >= 4 is 34.2 Å². The molecule has 1 unspecified atom stereocenters. The largest absolute Gasteiger partial charge is 0.0883 e. The summed E-state index contributed by atoms with van der Waals surface area (Å²) in [4.78, 5) is 0. The number of alkyl halides is 1. The van der Waals surface area contributed by atoms with Gasteiger partial charge in [0, 0.05) is 9.46 Å². The predicted octanol–water partition coefficient (Wildman–Crippen LogP) is 4.54. The van der Waals surface area contributed by atoms with Crippen LogP contribution in [0.5, 0.6) is 0 Å². The maximum absolute atomic E-state index is 5.95. The van der Waals surface area contributed by atoms with Crippen molar-refractivity contribution in [1.82, 2.24) is 0 Å². The maximum atomic E-state index is 5.95. The third kappa shape index (κ3) is 4.51. The van der Waals surface area contributed by atoms with Crippen LogP contribution < -0.4 is 0 Å². The van der Waals surface area contributed by atoms with Gasteiger partial charge in [-0.25, -0.2) is 0 Å². The zero-order valence-corrected chi connectivity index (χ0v) is 10.8. The molecule has 0 aliphatic rings. The molecular weight excluding hydrogens is 282 g/mol. The number of hydrogen-bond donors (Lipinski definition) is 0. The first kappa shape index (κ1) is 12.5. The minimum Gasteiger partial charge on any atom is -0.0883 e. The van der Waals surface area contributed by atoms with Crippen molar-refractivity contribution in [3.05, 3.63) is 22.8 Å². The fourth-order valence-electron chi connectivity index (χ4n) is 0.965. The van der Waals surface area contributed by atoms with Crippen molar-refractivity contribution in [2.75, 3.05) is 4.43 Å². The van der Waals surface area contributed by atoms with Gasteiger partial charge in [-0.15, -0.1) is 0 Å². The molecule has 0 aromatic rings. The molecule has 0 aliphatic carbocycles. The van der Waals surface area contributed by atoms with E-state index in [1.54, 1.807) is 0 Å². The summed E-state index contributed by atoms with van der Waals surface area (Å²) in [6, 6.07) is 0. The van der Waals surface area contributed by atoms with E-state index < -0.39 is 0 Å². The van der Waals surface area contributed by atoms with Crippen molar-refractivity contribution < 1.29 is 0 Å². The van der Waals surface area contributed by atoms with Gasteiger partial charge in [0.2, 0.25) is 0 Å². The van der Waals surface area contributed by atoms with Crippen molar-refractivity contribution in [2.24, 2.45) is 5.92 Å². The Morgan fingerprint density at radius 2 is 2.17 bits per heavy atom. The van der Waals surface area contributed by atoms with E-state index in [-0.39, 0.29) is 0 Å². The van der Waals surface area contributed by atoms with Gasteiger partial charge in [-0.3, -0.25) is 0 Å². The molecule has 0 aromatic heterocycles. The highest BCUT2D eigenvalue weighted by Gasteiger charge is 2.02. The van der Waals surface area contributed by atoms with Crippen LogP contribution in [0.2, 0.25) is 0 Å². The first-order valence-electron chi connectivity index (χ1n) is 4.23. The van der Waals surface area contributed by atoms with E-state index in [0.717, 1.165) is 9.46 Å². The van der Waals surface area contributed by atoms with Gasteiger partial charge >= 0.3 is 0 Å². The average Bonchev–Trinajstić information content (AvgIpc) is 2.12. The molecule has 0 N–H and O–H groups in total. The van der Waals surface area contributed by atoms with Crippen LogP contribution in [0.1, 0.15) is 27.2 Å². The van der Waals surface area contributed by atoms with E-state index in [4.69, 9.17) is 11.6 Å². The van der Waals surface area contributed by atoms with Crippen molar-refractivity contribution in [1.29, 1.82) is 0 Å². The number of allylic oxidation sites excluding steroid dienone is 4. The Labute approximate surface area is 94.2 Å². The Morgan fingerprint density at radius 1 is 1.58 bits per heavy atom. The molecule has 70 valence electrons. The van der Waals surface area contributed by atoms with Crippen LogP contribution in [-0.4, -0.2) is 4.43 Å². The second-order valence-electron chi connectivity index (χ2n) is 2.82. The molecule has 0 saturated heterocycles. The van der Waals surface area contributed by atoms with Crippen molar-refractivity contribution in [3.8, 4) is 0 Å². The summed E-state index contributed by atoms with van der Waals surface area (Å²) in [7, 11) is 0. The fourth-order valence-corrected chi connectivity index (χ4v) is 1.31.